The largest absolute Gasteiger partial charge is 0.493 e. The second-order valence-corrected chi connectivity index (χ2v) is 9.23. The number of hydrogen-bond donors (Lipinski definition) is 1. The molecule has 0 saturated heterocycles. The molecule has 0 bridgehead atoms. The van der Waals surface area contributed by atoms with E-state index in [4.69, 9.17) is 35.3 Å². The van der Waals surface area contributed by atoms with Crippen LogP contribution in [0.4, 0.5) is 0 Å². The van der Waals surface area contributed by atoms with Crippen molar-refractivity contribution in [3.8, 4) is 23.0 Å². The molecule has 0 aliphatic heterocycles. The molecule has 0 aliphatic rings. The Labute approximate surface area is 204 Å². The van der Waals surface area contributed by atoms with Crippen molar-refractivity contribution in [2.45, 2.75) is 11.4 Å². The molecule has 2 aromatic rings. The minimum absolute atomic E-state index is 0.0215. The van der Waals surface area contributed by atoms with Crippen LogP contribution in [0.5, 0.6) is 23.0 Å². The lowest BCUT2D eigenvalue weighted by molar-refractivity contribution is -0.132. The van der Waals surface area contributed by atoms with Gasteiger partial charge in [0.1, 0.15) is 5.75 Å². The fraction of sp³-hybridized carbons (Fsp3) is 0.409. The summed E-state index contributed by atoms with van der Waals surface area (Å²) in [5.41, 5.74) is 0.763. The Hall–Kier alpha value is -2.73. The SMILES string of the molecule is COCCNS(=O)(=O)c1ccc(OCC(=O)N(C)Cc2cc(OC)c(OC)c(OC)c2)c(Cl)c1. The fourth-order valence-corrected chi connectivity index (χ4v) is 4.30. The highest BCUT2D eigenvalue weighted by Gasteiger charge is 2.18. The normalized spacial score (nSPS) is 11.1. The van der Waals surface area contributed by atoms with Gasteiger partial charge in [0.05, 0.1) is 37.9 Å². The van der Waals surface area contributed by atoms with E-state index in [0.717, 1.165) is 5.56 Å². The summed E-state index contributed by atoms with van der Waals surface area (Å²) in [5.74, 6) is 1.29. The van der Waals surface area contributed by atoms with Crippen molar-refractivity contribution >= 4 is 27.5 Å². The molecule has 0 spiro atoms. The minimum Gasteiger partial charge on any atom is -0.493 e. The van der Waals surface area contributed by atoms with Crippen molar-refractivity contribution in [3.05, 3.63) is 40.9 Å². The summed E-state index contributed by atoms with van der Waals surface area (Å²) in [6, 6.07) is 7.52. The molecule has 1 amide bonds. The van der Waals surface area contributed by atoms with E-state index < -0.39 is 10.0 Å². The number of carbonyl (C=O) groups excluding carboxylic acids is 1. The lowest BCUT2D eigenvalue weighted by Crippen LogP contribution is -2.31. The zero-order chi connectivity index (χ0) is 25.3. The summed E-state index contributed by atoms with van der Waals surface area (Å²) in [5, 5.41) is 0.0645. The van der Waals surface area contributed by atoms with Crippen LogP contribution in [0.3, 0.4) is 0 Å². The molecule has 0 atom stereocenters. The Morgan fingerprint density at radius 1 is 1.00 bits per heavy atom. The number of ether oxygens (including phenoxy) is 5. The maximum atomic E-state index is 12.6. The number of sulfonamides is 1. The number of rotatable bonds is 13. The molecule has 0 unspecified atom stereocenters. The van der Waals surface area contributed by atoms with E-state index in [1.54, 1.807) is 19.2 Å². The molecule has 0 radical (unpaired) electrons. The summed E-state index contributed by atoms with van der Waals surface area (Å²) in [6.45, 7) is 0.331. The monoisotopic (exact) mass is 516 g/mol. The third-order valence-corrected chi connectivity index (χ3v) is 6.49. The molecule has 0 heterocycles. The standard InChI is InChI=1S/C22H29ClN2O8S/c1-25(13-15-10-19(30-3)22(32-5)20(11-15)31-4)21(26)14-33-18-7-6-16(12-17(18)23)34(27,28)24-8-9-29-2/h6-7,10-12,24H,8-9,13-14H2,1-5H3. The van der Waals surface area contributed by atoms with E-state index in [1.165, 1.54) is 51.5 Å². The average molecular weight is 517 g/mol. The Bertz CT molecular complexity index is 1070. The molecule has 188 valence electrons. The number of carbonyl (C=O) groups is 1. The van der Waals surface area contributed by atoms with Crippen LogP contribution in [0.15, 0.2) is 35.2 Å². The number of hydrogen-bond acceptors (Lipinski definition) is 8. The molecule has 34 heavy (non-hydrogen) atoms. The number of nitrogens with one attached hydrogen (secondary N) is 1. The molecule has 0 aromatic heterocycles. The van der Waals surface area contributed by atoms with Gasteiger partial charge in [-0.05, 0) is 35.9 Å². The Morgan fingerprint density at radius 3 is 2.18 bits per heavy atom. The van der Waals surface area contributed by atoms with Crippen LogP contribution >= 0.6 is 11.6 Å². The predicted molar refractivity (Wildman–Crippen MR) is 127 cm³/mol. The summed E-state index contributed by atoms with van der Waals surface area (Å²) in [6.07, 6.45) is 0. The first-order valence-corrected chi connectivity index (χ1v) is 12.0. The fourth-order valence-electron chi connectivity index (χ4n) is 2.97. The smallest absolute Gasteiger partial charge is 0.260 e. The van der Waals surface area contributed by atoms with E-state index in [-0.39, 0.29) is 47.9 Å². The first-order chi connectivity index (χ1) is 16.2. The van der Waals surface area contributed by atoms with Gasteiger partial charge in [-0.15, -0.1) is 0 Å². The number of amides is 1. The first kappa shape index (κ1) is 27.5. The molecular weight excluding hydrogens is 488 g/mol. The summed E-state index contributed by atoms with van der Waals surface area (Å²) < 4.78 is 53.3. The van der Waals surface area contributed by atoms with Gasteiger partial charge in [-0.3, -0.25) is 4.79 Å². The first-order valence-electron chi connectivity index (χ1n) is 10.1. The highest BCUT2D eigenvalue weighted by molar-refractivity contribution is 7.89. The molecule has 0 aliphatic carbocycles. The lowest BCUT2D eigenvalue weighted by Gasteiger charge is -2.20. The second kappa shape index (κ2) is 12.7. The Balaban J connectivity index is 2.03. The number of nitrogens with zero attached hydrogens (tertiary/aromatic N) is 1. The van der Waals surface area contributed by atoms with Gasteiger partial charge < -0.3 is 28.6 Å². The van der Waals surface area contributed by atoms with Crippen molar-refractivity contribution in [1.29, 1.82) is 0 Å². The predicted octanol–water partition coefficient (Wildman–Crippen LogP) is 2.33. The third-order valence-electron chi connectivity index (χ3n) is 4.73. The quantitative estimate of drug-likeness (QED) is 0.404. The van der Waals surface area contributed by atoms with E-state index in [2.05, 4.69) is 4.72 Å². The number of methoxy groups -OCH3 is 4. The maximum Gasteiger partial charge on any atom is 0.260 e. The van der Waals surface area contributed by atoms with Crippen LogP contribution in [0.2, 0.25) is 5.02 Å². The van der Waals surface area contributed by atoms with Gasteiger partial charge in [0.25, 0.3) is 5.91 Å². The van der Waals surface area contributed by atoms with Gasteiger partial charge in [0.15, 0.2) is 18.1 Å². The molecule has 12 heteroatoms. The van der Waals surface area contributed by atoms with Crippen LogP contribution in [0, 0.1) is 0 Å². The van der Waals surface area contributed by atoms with Crippen molar-refractivity contribution in [2.24, 2.45) is 0 Å². The van der Waals surface area contributed by atoms with Crippen molar-refractivity contribution < 1.29 is 36.9 Å². The topological polar surface area (TPSA) is 113 Å². The van der Waals surface area contributed by atoms with Crippen LogP contribution in [-0.2, 0) is 26.1 Å². The average Bonchev–Trinajstić information content (AvgIpc) is 2.82. The Kier molecular flexibility index (Phi) is 10.2. The number of benzene rings is 2. The van der Waals surface area contributed by atoms with E-state index in [0.29, 0.717) is 17.2 Å². The lowest BCUT2D eigenvalue weighted by atomic mass is 10.1. The van der Waals surface area contributed by atoms with Crippen LogP contribution in [0.1, 0.15) is 5.56 Å². The van der Waals surface area contributed by atoms with Gasteiger partial charge in [0, 0.05) is 27.2 Å². The van der Waals surface area contributed by atoms with E-state index in [1.807, 2.05) is 0 Å². The number of halogens is 1. The van der Waals surface area contributed by atoms with Gasteiger partial charge in [-0.25, -0.2) is 13.1 Å². The van der Waals surface area contributed by atoms with Crippen molar-refractivity contribution in [3.63, 3.8) is 0 Å². The molecule has 2 aromatic carbocycles. The van der Waals surface area contributed by atoms with E-state index >= 15 is 0 Å². The van der Waals surface area contributed by atoms with Crippen LogP contribution < -0.4 is 23.7 Å². The second-order valence-electron chi connectivity index (χ2n) is 7.05. The highest BCUT2D eigenvalue weighted by Crippen LogP contribution is 2.38. The summed E-state index contributed by atoms with van der Waals surface area (Å²) in [7, 11) is 3.89. The van der Waals surface area contributed by atoms with E-state index in [9.17, 15) is 13.2 Å². The molecule has 2 rings (SSSR count). The van der Waals surface area contributed by atoms with Gasteiger partial charge in [-0.1, -0.05) is 11.6 Å². The summed E-state index contributed by atoms with van der Waals surface area (Å²) >= 11 is 6.18. The van der Waals surface area contributed by atoms with Gasteiger partial charge in [0.2, 0.25) is 15.8 Å². The maximum absolute atomic E-state index is 12.6. The third kappa shape index (κ3) is 7.13. The highest BCUT2D eigenvalue weighted by atomic mass is 35.5. The molecule has 10 nitrogen and oxygen atoms in total. The molecule has 0 saturated carbocycles. The van der Waals surface area contributed by atoms with Crippen molar-refractivity contribution in [2.75, 3.05) is 55.2 Å². The van der Waals surface area contributed by atoms with Gasteiger partial charge in [-0.2, -0.15) is 0 Å². The summed E-state index contributed by atoms with van der Waals surface area (Å²) in [4.78, 5) is 14.0. The molecule has 1 N–H and O–H groups in total. The molecule has 0 fully saturated rings. The zero-order valence-corrected chi connectivity index (χ0v) is 21.3. The van der Waals surface area contributed by atoms with Crippen LogP contribution in [0.25, 0.3) is 0 Å². The number of likely N-dealkylation sites (N-methyl/N-ethyl adjacent to an activating group) is 1. The van der Waals surface area contributed by atoms with Gasteiger partial charge >= 0.3 is 0 Å². The van der Waals surface area contributed by atoms with Crippen LogP contribution in [-0.4, -0.2) is 74.5 Å². The Morgan fingerprint density at radius 2 is 1.65 bits per heavy atom. The van der Waals surface area contributed by atoms with Crippen molar-refractivity contribution in [1.82, 2.24) is 9.62 Å². The zero-order valence-electron chi connectivity index (χ0n) is 19.7. The minimum atomic E-state index is -3.74. The molecular formula is C22H29ClN2O8S.